The Labute approximate surface area is 127 Å². The van der Waals surface area contributed by atoms with Gasteiger partial charge >= 0.3 is 0 Å². The largest absolute Gasteiger partial charge is 0.310 e. The van der Waals surface area contributed by atoms with Crippen LogP contribution in [0.25, 0.3) is 0 Å². The summed E-state index contributed by atoms with van der Waals surface area (Å²) in [5.74, 6) is 0.592. The number of rotatable bonds is 6. The Kier molecular flexibility index (Phi) is 5.35. The Morgan fingerprint density at radius 3 is 2.71 bits per heavy atom. The second kappa shape index (κ2) is 6.85. The maximum absolute atomic E-state index is 11.5. The first-order valence-electron chi connectivity index (χ1n) is 7.43. The molecule has 118 valence electrons. The van der Waals surface area contributed by atoms with Gasteiger partial charge in [-0.25, -0.2) is 8.42 Å². The van der Waals surface area contributed by atoms with Crippen LogP contribution in [0.1, 0.15) is 31.5 Å². The average molecular weight is 311 g/mol. The van der Waals surface area contributed by atoms with Crippen molar-refractivity contribution in [3.8, 4) is 0 Å². The lowest BCUT2D eigenvalue weighted by molar-refractivity contribution is 0.251. The van der Waals surface area contributed by atoms with Crippen molar-refractivity contribution in [2.45, 2.75) is 45.4 Å². The quantitative estimate of drug-likeness (QED) is 0.855. The second-order valence-corrected chi connectivity index (χ2v) is 8.39. The fourth-order valence-corrected chi connectivity index (χ4v) is 4.29. The van der Waals surface area contributed by atoms with Crippen LogP contribution in [0.2, 0.25) is 0 Å². The van der Waals surface area contributed by atoms with Gasteiger partial charge in [-0.05, 0) is 25.1 Å². The van der Waals surface area contributed by atoms with Crippen LogP contribution in [0.5, 0.6) is 0 Å². The summed E-state index contributed by atoms with van der Waals surface area (Å²) in [5, 5.41) is 3.36. The van der Waals surface area contributed by atoms with Gasteiger partial charge in [0.05, 0.1) is 17.2 Å². The van der Waals surface area contributed by atoms with Crippen molar-refractivity contribution in [2.75, 3.05) is 18.6 Å². The van der Waals surface area contributed by atoms with E-state index in [4.69, 9.17) is 0 Å². The minimum atomic E-state index is -2.83. The molecule has 1 aliphatic rings. The Morgan fingerprint density at radius 1 is 1.43 bits per heavy atom. The zero-order chi connectivity index (χ0) is 15.5. The molecule has 1 fully saturated rings. The van der Waals surface area contributed by atoms with E-state index in [1.165, 1.54) is 5.56 Å². The molecule has 1 unspecified atom stereocenters. The van der Waals surface area contributed by atoms with Crippen LogP contribution in [-0.2, 0) is 22.9 Å². The van der Waals surface area contributed by atoms with Crippen LogP contribution < -0.4 is 5.32 Å². The number of sulfone groups is 1. The highest BCUT2D eigenvalue weighted by molar-refractivity contribution is 7.91. The van der Waals surface area contributed by atoms with E-state index >= 15 is 0 Å². The van der Waals surface area contributed by atoms with Crippen LogP contribution in [0.4, 0.5) is 0 Å². The molecule has 2 rings (SSSR count). The molecule has 0 aromatic carbocycles. The van der Waals surface area contributed by atoms with Gasteiger partial charge in [-0.15, -0.1) is 0 Å². The van der Waals surface area contributed by atoms with Crippen molar-refractivity contribution < 1.29 is 8.42 Å². The Balaban J connectivity index is 1.88. The molecule has 2 heterocycles. The highest BCUT2D eigenvalue weighted by Crippen LogP contribution is 2.18. The van der Waals surface area contributed by atoms with Gasteiger partial charge in [-0.2, -0.15) is 0 Å². The Bertz CT molecular complexity index is 555. The molecule has 6 heteroatoms. The third-order valence-corrected chi connectivity index (χ3v) is 5.59. The zero-order valence-corrected chi connectivity index (χ0v) is 13.9. The van der Waals surface area contributed by atoms with Gasteiger partial charge in [0, 0.05) is 31.4 Å². The van der Waals surface area contributed by atoms with E-state index in [2.05, 4.69) is 35.1 Å². The van der Waals surface area contributed by atoms with Gasteiger partial charge < -0.3 is 5.32 Å². The maximum atomic E-state index is 11.5. The standard InChI is InChI=1S/C15H25N3O2S/c1-12(2)16-8-13-4-5-14(17-9-13)10-18(3)15-6-7-21(19,20)11-15/h4-5,9,12,15-16H,6-8,10-11H2,1-3H3. The summed E-state index contributed by atoms with van der Waals surface area (Å²) in [6, 6.07) is 4.69. The highest BCUT2D eigenvalue weighted by Gasteiger charge is 2.30. The summed E-state index contributed by atoms with van der Waals surface area (Å²) >= 11 is 0. The van der Waals surface area contributed by atoms with E-state index in [0.717, 1.165) is 18.7 Å². The Hall–Kier alpha value is -0.980. The summed E-state index contributed by atoms with van der Waals surface area (Å²) in [5.41, 5.74) is 2.15. The average Bonchev–Trinajstić information content (AvgIpc) is 2.78. The molecule has 0 amide bonds. The lowest BCUT2D eigenvalue weighted by Gasteiger charge is -2.22. The zero-order valence-electron chi connectivity index (χ0n) is 13.0. The van der Waals surface area contributed by atoms with E-state index in [9.17, 15) is 8.42 Å². The topological polar surface area (TPSA) is 62.3 Å². The molecule has 1 saturated heterocycles. The number of aromatic nitrogens is 1. The second-order valence-electron chi connectivity index (χ2n) is 6.17. The molecule has 0 saturated carbocycles. The van der Waals surface area contributed by atoms with Crippen molar-refractivity contribution >= 4 is 9.84 Å². The highest BCUT2D eigenvalue weighted by atomic mass is 32.2. The summed E-state index contributed by atoms with van der Waals surface area (Å²) in [4.78, 5) is 6.57. The van der Waals surface area contributed by atoms with Crippen LogP contribution in [-0.4, -0.2) is 48.9 Å². The molecule has 1 N–H and O–H groups in total. The van der Waals surface area contributed by atoms with Gasteiger partial charge in [-0.1, -0.05) is 19.9 Å². The summed E-state index contributed by atoms with van der Waals surface area (Å²) in [7, 11) is -0.852. The molecule has 0 aliphatic carbocycles. The number of nitrogens with one attached hydrogen (secondary N) is 1. The van der Waals surface area contributed by atoms with Crippen molar-refractivity contribution in [1.29, 1.82) is 0 Å². The molecule has 1 aliphatic heterocycles. The van der Waals surface area contributed by atoms with E-state index in [0.29, 0.717) is 18.3 Å². The lowest BCUT2D eigenvalue weighted by Crippen LogP contribution is -2.32. The van der Waals surface area contributed by atoms with Gasteiger partial charge in [0.1, 0.15) is 0 Å². The molecule has 0 spiro atoms. The van der Waals surface area contributed by atoms with E-state index < -0.39 is 9.84 Å². The van der Waals surface area contributed by atoms with Gasteiger partial charge in [0.25, 0.3) is 0 Å². The molecule has 1 aromatic heterocycles. The van der Waals surface area contributed by atoms with Crippen LogP contribution in [0.15, 0.2) is 18.3 Å². The van der Waals surface area contributed by atoms with Gasteiger partial charge in [0.2, 0.25) is 0 Å². The van der Waals surface area contributed by atoms with Crippen LogP contribution in [0.3, 0.4) is 0 Å². The third-order valence-electron chi connectivity index (χ3n) is 3.84. The molecule has 1 aromatic rings. The third kappa shape index (κ3) is 5.05. The number of hydrogen-bond acceptors (Lipinski definition) is 5. The SMILES string of the molecule is CC(C)NCc1ccc(CN(C)C2CCS(=O)(=O)C2)nc1. The molecular formula is C15H25N3O2S. The molecule has 21 heavy (non-hydrogen) atoms. The molecular weight excluding hydrogens is 286 g/mol. The van der Waals surface area contributed by atoms with Gasteiger partial charge in [-0.3, -0.25) is 9.88 Å². The van der Waals surface area contributed by atoms with Crippen molar-refractivity contribution in [3.05, 3.63) is 29.6 Å². The van der Waals surface area contributed by atoms with Crippen LogP contribution in [0, 0.1) is 0 Å². The van der Waals surface area contributed by atoms with Crippen LogP contribution >= 0.6 is 0 Å². The Morgan fingerprint density at radius 2 is 2.19 bits per heavy atom. The number of nitrogens with zero attached hydrogens (tertiary/aromatic N) is 2. The van der Waals surface area contributed by atoms with Crippen molar-refractivity contribution in [1.82, 2.24) is 15.2 Å². The number of pyridine rings is 1. The monoisotopic (exact) mass is 311 g/mol. The lowest BCUT2D eigenvalue weighted by atomic mass is 10.2. The molecule has 1 atom stereocenters. The fourth-order valence-electron chi connectivity index (χ4n) is 2.48. The maximum Gasteiger partial charge on any atom is 0.151 e. The van der Waals surface area contributed by atoms with Crippen molar-refractivity contribution in [3.63, 3.8) is 0 Å². The van der Waals surface area contributed by atoms with Gasteiger partial charge in [0.15, 0.2) is 9.84 Å². The van der Waals surface area contributed by atoms with E-state index in [1.807, 2.05) is 19.3 Å². The smallest absolute Gasteiger partial charge is 0.151 e. The molecule has 0 radical (unpaired) electrons. The normalized spacial score (nSPS) is 21.3. The predicted molar refractivity (Wildman–Crippen MR) is 84.7 cm³/mol. The summed E-state index contributed by atoms with van der Waals surface area (Å²) < 4.78 is 23.0. The predicted octanol–water partition coefficient (Wildman–Crippen LogP) is 1.20. The first kappa shape index (κ1) is 16.4. The summed E-state index contributed by atoms with van der Waals surface area (Å²) in [6.45, 7) is 5.75. The van der Waals surface area contributed by atoms with E-state index in [-0.39, 0.29) is 11.8 Å². The molecule has 5 nitrogen and oxygen atoms in total. The van der Waals surface area contributed by atoms with Crippen molar-refractivity contribution in [2.24, 2.45) is 0 Å². The van der Waals surface area contributed by atoms with E-state index in [1.54, 1.807) is 0 Å². The minimum Gasteiger partial charge on any atom is -0.310 e. The minimum absolute atomic E-state index is 0.124. The fraction of sp³-hybridized carbons (Fsp3) is 0.667. The molecule has 0 bridgehead atoms. The first-order valence-corrected chi connectivity index (χ1v) is 9.26. The summed E-state index contributed by atoms with van der Waals surface area (Å²) in [6.07, 6.45) is 2.62. The first-order chi connectivity index (χ1) is 9.85. The number of hydrogen-bond donors (Lipinski definition) is 1.